The van der Waals surface area contributed by atoms with Crippen molar-refractivity contribution in [2.45, 2.75) is 30.6 Å². The van der Waals surface area contributed by atoms with Crippen LogP contribution in [-0.4, -0.2) is 26.1 Å². The molecule has 0 spiro atoms. The van der Waals surface area contributed by atoms with E-state index in [1.54, 1.807) is 6.33 Å². The van der Waals surface area contributed by atoms with Crippen LogP contribution in [0, 0.1) is 0 Å². The molecule has 7 nitrogen and oxygen atoms in total. The second kappa shape index (κ2) is 6.29. The van der Waals surface area contributed by atoms with Crippen molar-refractivity contribution in [2.24, 2.45) is 0 Å². The number of aromatic nitrogens is 4. The predicted molar refractivity (Wildman–Crippen MR) is 95.6 cm³/mol. The fourth-order valence-electron chi connectivity index (χ4n) is 2.90. The molecule has 1 aliphatic heterocycles. The highest BCUT2D eigenvalue weighted by Gasteiger charge is 2.21. The number of nitrogens with one attached hydrogen (secondary N) is 1. The van der Waals surface area contributed by atoms with Crippen molar-refractivity contribution in [3.63, 3.8) is 0 Å². The first-order chi connectivity index (χ1) is 11.7. The lowest BCUT2D eigenvalue weighted by Crippen LogP contribution is -2.17. The van der Waals surface area contributed by atoms with E-state index in [-0.39, 0.29) is 6.23 Å². The van der Waals surface area contributed by atoms with E-state index >= 15 is 0 Å². The largest absolute Gasteiger partial charge is 0.399 e. The van der Waals surface area contributed by atoms with Gasteiger partial charge in [-0.15, -0.1) is 12.6 Å². The van der Waals surface area contributed by atoms with E-state index in [1.165, 1.54) is 0 Å². The maximum Gasteiger partial charge on any atom is 0.188 e. The maximum atomic E-state index is 5.84. The standard InChI is InChI=1S/C16H18N6OS/c17-10-4-3-5-11(8-10)19-14-13-15(21-16(24)20-14)22(9-18-13)12-6-1-2-7-23-12/h3-5,8-9,12H,1-2,6-7,17H2,(H2,19,20,21,24). The van der Waals surface area contributed by atoms with Crippen LogP contribution < -0.4 is 11.1 Å². The van der Waals surface area contributed by atoms with E-state index in [0.29, 0.717) is 27.8 Å². The second-order valence-electron chi connectivity index (χ2n) is 5.77. The first-order valence-electron chi connectivity index (χ1n) is 7.88. The topological polar surface area (TPSA) is 90.9 Å². The lowest BCUT2D eigenvalue weighted by atomic mass is 10.2. The minimum absolute atomic E-state index is 0.0356. The van der Waals surface area contributed by atoms with Crippen molar-refractivity contribution < 1.29 is 4.74 Å². The number of ether oxygens (including phenoxy) is 1. The van der Waals surface area contributed by atoms with Crippen LogP contribution in [0.1, 0.15) is 25.5 Å². The van der Waals surface area contributed by atoms with Crippen LogP contribution in [0.15, 0.2) is 35.7 Å². The third kappa shape index (κ3) is 2.90. The van der Waals surface area contributed by atoms with Crippen molar-refractivity contribution in [3.8, 4) is 0 Å². The summed E-state index contributed by atoms with van der Waals surface area (Å²) in [6.45, 7) is 0.761. The van der Waals surface area contributed by atoms with Gasteiger partial charge in [-0.05, 0) is 37.5 Å². The molecule has 0 aliphatic carbocycles. The molecule has 0 saturated carbocycles. The third-order valence-electron chi connectivity index (χ3n) is 4.02. The normalized spacial score (nSPS) is 18.0. The molecule has 3 heterocycles. The van der Waals surface area contributed by atoms with Gasteiger partial charge in [0.1, 0.15) is 6.23 Å². The number of hydrogen-bond acceptors (Lipinski definition) is 7. The molecule has 124 valence electrons. The van der Waals surface area contributed by atoms with Crippen LogP contribution in [-0.2, 0) is 4.74 Å². The number of nitrogens with two attached hydrogens (primary N) is 1. The summed E-state index contributed by atoms with van der Waals surface area (Å²) < 4.78 is 7.80. The SMILES string of the molecule is Nc1cccc(Nc2nc(S)nc3c2ncn3C2CCCCO2)c1. The van der Waals surface area contributed by atoms with E-state index in [0.717, 1.165) is 31.6 Å². The molecule has 4 rings (SSSR count). The molecule has 0 bridgehead atoms. The zero-order valence-electron chi connectivity index (χ0n) is 13.0. The summed E-state index contributed by atoms with van der Waals surface area (Å²) in [6, 6.07) is 7.48. The molecule has 1 saturated heterocycles. The van der Waals surface area contributed by atoms with Gasteiger partial charge in [0.2, 0.25) is 0 Å². The average Bonchev–Trinajstić information content (AvgIpc) is 2.99. The number of hydrogen-bond donors (Lipinski definition) is 3. The van der Waals surface area contributed by atoms with Crippen LogP contribution in [0.5, 0.6) is 0 Å². The van der Waals surface area contributed by atoms with Crippen molar-refractivity contribution in [1.82, 2.24) is 19.5 Å². The molecular formula is C16H18N6OS. The van der Waals surface area contributed by atoms with E-state index in [1.807, 2.05) is 28.8 Å². The zero-order chi connectivity index (χ0) is 16.5. The van der Waals surface area contributed by atoms with Crippen molar-refractivity contribution >= 4 is 41.0 Å². The Morgan fingerprint density at radius 3 is 3.00 bits per heavy atom. The van der Waals surface area contributed by atoms with Crippen molar-refractivity contribution in [1.29, 1.82) is 0 Å². The quantitative estimate of drug-likeness (QED) is 0.385. The van der Waals surface area contributed by atoms with Gasteiger partial charge in [0.15, 0.2) is 22.1 Å². The van der Waals surface area contributed by atoms with Crippen LogP contribution in [0.4, 0.5) is 17.2 Å². The Hall–Kier alpha value is -2.32. The Bertz CT molecular complexity index is 874. The van der Waals surface area contributed by atoms with E-state index in [4.69, 9.17) is 10.5 Å². The molecule has 1 fully saturated rings. The molecule has 0 radical (unpaired) electrons. The highest BCUT2D eigenvalue weighted by atomic mass is 32.1. The third-order valence-corrected chi connectivity index (χ3v) is 4.22. The van der Waals surface area contributed by atoms with Gasteiger partial charge in [0.25, 0.3) is 0 Å². The fourth-order valence-corrected chi connectivity index (χ4v) is 3.09. The lowest BCUT2D eigenvalue weighted by molar-refractivity contribution is -0.0298. The van der Waals surface area contributed by atoms with E-state index in [2.05, 4.69) is 32.9 Å². The Kier molecular flexibility index (Phi) is 3.99. The number of fused-ring (bicyclic) bond motifs is 1. The Balaban J connectivity index is 1.74. The molecule has 24 heavy (non-hydrogen) atoms. The average molecular weight is 342 g/mol. The molecule has 1 atom stereocenters. The first kappa shape index (κ1) is 15.2. The maximum absolute atomic E-state index is 5.84. The summed E-state index contributed by atoms with van der Waals surface area (Å²) in [5.41, 5.74) is 8.75. The van der Waals surface area contributed by atoms with E-state index in [9.17, 15) is 0 Å². The summed E-state index contributed by atoms with van der Waals surface area (Å²) >= 11 is 4.33. The number of nitrogen functional groups attached to an aromatic ring is 1. The van der Waals surface area contributed by atoms with Crippen LogP contribution in [0.2, 0.25) is 0 Å². The Labute approximate surface area is 144 Å². The van der Waals surface area contributed by atoms with Crippen LogP contribution in [0.25, 0.3) is 11.2 Å². The van der Waals surface area contributed by atoms with Gasteiger partial charge in [0, 0.05) is 18.0 Å². The molecule has 8 heteroatoms. The lowest BCUT2D eigenvalue weighted by Gasteiger charge is -2.23. The zero-order valence-corrected chi connectivity index (χ0v) is 13.9. The molecule has 1 aromatic carbocycles. The Morgan fingerprint density at radius 2 is 2.21 bits per heavy atom. The number of rotatable bonds is 3. The highest BCUT2D eigenvalue weighted by Crippen LogP contribution is 2.29. The van der Waals surface area contributed by atoms with Crippen molar-refractivity contribution in [2.75, 3.05) is 17.7 Å². The number of thiol groups is 1. The smallest absolute Gasteiger partial charge is 0.188 e. The van der Waals surface area contributed by atoms with E-state index < -0.39 is 0 Å². The molecule has 0 amide bonds. The summed E-state index contributed by atoms with van der Waals surface area (Å²) in [4.78, 5) is 13.3. The minimum Gasteiger partial charge on any atom is -0.399 e. The monoisotopic (exact) mass is 342 g/mol. The fraction of sp³-hybridized carbons (Fsp3) is 0.312. The van der Waals surface area contributed by atoms with Crippen LogP contribution >= 0.6 is 12.6 Å². The Morgan fingerprint density at radius 1 is 1.29 bits per heavy atom. The van der Waals surface area contributed by atoms with Gasteiger partial charge in [-0.1, -0.05) is 6.07 Å². The number of imidazole rings is 1. The molecule has 3 N–H and O–H groups in total. The van der Waals surface area contributed by atoms with Gasteiger partial charge < -0.3 is 15.8 Å². The van der Waals surface area contributed by atoms with Gasteiger partial charge in [-0.2, -0.15) is 0 Å². The first-order valence-corrected chi connectivity index (χ1v) is 8.33. The molecule has 2 aromatic heterocycles. The summed E-state index contributed by atoms with van der Waals surface area (Å²) in [7, 11) is 0. The summed E-state index contributed by atoms with van der Waals surface area (Å²) in [6.07, 6.45) is 4.91. The van der Waals surface area contributed by atoms with Gasteiger partial charge in [-0.3, -0.25) is 4.57 Å². The van der Waals surface area contributed by atoms with Gasteiger partial charge >= 0.3 is 0 Å². The number of anilines is 3. The predicted octanol–water partition coefficient (Wildman–Crippen LogP) is 3.14. The molecule has 3 aromatic rings. The molecule has 1 unspecified atom stereocenters. The molecule has 1 aliphatic rings. The molecular weight excluding hydrogens is 324 g/mol. The number of nitrogens with zero attached hydrogens (tertiary/aromatic N) is 4. The summed E-state index contributed by atoms with van der Waals surface area (Å²) in [5, 5.41) is 3.63. The highest BCUT2D eigenvalue weighted by molar-refractivity contribution is 7.80. The van der Waals surface area contributed by atoms with Gasteiger partial charge in [-0.25, -0.2) is 15.0 Å². The minimum atomic E-state index is -0.0356. The summed E-state index contributed by atoms with van der Waals surface area (Å²) in [5.74, 6) is 0.602. The van der Waals surface area contributed by atoms with Gasteiger partial charge in [0.05, 0.1) is 6.33 Å². The van der Waals surface area contributed by atoms with Crippen LogP contribution in [0.3, 0.4) is 0 Å². The van der Waals surface area contributed by atoms with Crippen molar-refractivity contribution in [3.05, 3.63) is 30.6 Å². The second-order valence-corrected chi connectivity index (χ2v) is 6.17. The number of benzene rings is 1.